The van der Waals surface area contributed by atoms with E-state index in [-0.39, 0.29) is 13.0 Å². The van der Waals surface area contributed by atoms with Gasteiger partial charge in [-0.25, -0.2) is 5.84 Å². The van der Waals surface area contributed by atoms with Crippen LogP contribution in [0.5, 0.6) is 5.75 Å². The summed E-state index contributed by atoms with van der Waals surface area (Å²) >= 11 is 0. The van der Waals surface area contributed by atoms with E-state index in [0.29, 0.717) is 12.4 Å². The van der Waals surface area contributed by atoms with Gasteiger partial charge in [0, 0.05) is 7.11 Å². The van der Waals surface area contributed by atoms with Crippen LogP contribution >= 0.6 is 0 Å². The largest absolute Gasteiger partial charge is 0.493 e. The summed E-state index contributed by atoms with van der Waals surface area (Å²) in [5, 5.41) is 0. The first-order valence-corrected chi connectivity index (χ1v) is 5.12. The van der Waals surface area contributed by atoms with E-state index in [1.165, 1.54) is 0 Å². The van der Waals surface area contributed by atoms with Crippen molar-refractivity contribution < 1.29 is 19.1 Å². The molecule has 0 saturated carbocycles. The summed E-state index contributed by atoms with van der Waals surface area (Å²) in [5.74, 6) is 5.03. The highest BCUT2D eigenvalue weighted by molar-refractivity contribution is 5.69. The van der Waals surface area contributed by atoms with E-state index in [1.807, 2.05) is 29.9 Å². The zero-order valence-electron chi connectivity index (χ0n) is 9.64. The Hall–Kier alpha value is -1.63. The van der Waals surface area contributed by atoms with Crippen LogP contribution < -0.4 is 16.2 Å². The average Bonchev–Trinajstić information content (AvgIpc) is 2.30. The van der Waals surface area contributed by atoms with Crippen molar-refractivity contribution in [3.63, 3.8) is 0 Å². The summed E-state index contributed by atoms with van der Waals surface area (Å²) in [7, 11) is 1.63. The van der Waals surface area contributed by atoms with Gasteiger partial charge in [0.25, 0.3) is 0 Å². The Balaban J connectivity index is 2.35. The van der Waals surface area contributed by atoms with Crippen molar-refractivity contribution in [1.29, 1.82) is 0 Å². The molecule has 3 N–H and O–H groups in total. The molecule has 0 aliphatic carbocycles. The van der Waals surface area contributed by atoms with Crippen molar-refractivity contribution in [3.05, 3.63) is 29.8 Å². The number of methoxy groups -OCH3 is 1. The minimum atomic E-state index is -0.472. The Morgan fingerprint density at radius 2 is 2.29 bits per heavy atom. The molecule has 0 bridgehead atoms. The fourth-order valence-corrected chi connectivity index (χ4v) is 1.26. The summed E-state index contributed by atoms with van der Waals surface area (Å²) in [6, 6.07) is 7.47. The molecule has 6 nitrogen and oxygen atoms in total. The molecule has 17 heavy (non-hydrogen) atoms. The first kappa shape index (κ1) is 13.4. The molecule has 0 fully saturated rings. The van der Waals surface area contributed by atoms with Crippen molar-refractivity contribution in [1.82, 2.24) is 5.59 Å². The van der Waals surface area contributed by atoms with Crippen LogP contribution in [-0.2, 0) is 21.0 Å². The summed E-state index contributed by atoms with van der Waals surface area (Å²) in [6.45, 7) is 0.757. The van der Waals surface area contributed by atoms with E-state index >= 15 is 0 Å². The first-order valence-electron chi connectivity index (χ1n) is 5.12. The zero-order chi connectivity index (χ0) is 12.5. The van der Waals surface area contributed by atoms with Crippen molar-refractivity contribution in [2.75, 3.05) is 13.7 Å². The van der Waals surface area contributed by atoms with Gasteiger partial charge in [0.1, 0.15) is 5.75 Å². The number of nitrogens with two attached hydrogens (primary N) is 1. The molecule has 94 valence electrons. The van der Waals surface area contributed by atoms with Crippen LogP contribution in [0, 0.1) is 0 Å². The third-order valence-electron chi connectivity index (χ3n) is 1.96. The number of hydrazine groups is 1. The van der Waals surface area contributed by atoms with Gasteiger partial charge in [0.05, 0.1) is 19.6 Å². The van der Waals surface area contributed by atoms with Crippen LogP contribution in [0.25, 0.3) is 0 Å². The van der Waals surface area contributed by atoms with Gasteiger partial charge in [-0.15, -0.1) is 0 Å². The van der Waals surface area contributed by atoms with E-state index < -0.39 is 5.97 Å². The number of hydrogen-bond acceptors (Lipinski definition) is 6. The number of carbonyl (C=O) groups is 1. The average molecular weight is 240 g/mol. The second-order valence-corrected chi connectivity index (χ2v) is 3.27. The lowest BCUT2D eigenvalue weighted by atomic mass is 10.2. The predicted octanol–water partition coefficient (Wildman–Crippen LogP) is 0.523. The SMILES string of the molecule is COCc1cccc(OCCC(=O)ONN)c1. The molecule has 0 aliphatic heterocycles. The number of rotatable bonds is 7. The standard InChI is InChI=1S/C11H16N2O4/c1-15-8-9-3-2-4-10(7-9)16-6-5-11(14)17-13-12/h2-4,7,13H,5-6,8,12H2,1H3. The van der Waals surface area contributed by atoms with E-state index in [1.54, 1.807) is 7.11 Å². The van der Waals surface area contributed by atoms with Gasteiger partial charge in [0.2, 0.25) is 0 Å². The van der Waals surface area contributed by atoms with Gasteiger partial charge in [-0.3, -0.25) is 4.79 Å². The van der Waals surface area contributed by atoms with Gasteiger partial charge in [-0.1, -0.05) is 17.7 Å². The fourth-order valence-electron chi connectivity index (χ4n) is 1.26. The number of ether oxygens (including phenoxy) is 2. The molecular formula is C11H16N2O4. The Morgan fingerprint density at radius 3 is 3.00 bits per heavy atom. The van der Waals surface area contributed by atoms with Gasteiger partial charge >= 0.3 is 5.97 Å². The Morgan fingerprint density at radius 1 is 1.47 bits per heavy atom. The van der Waals surface area contributed by atoms with Crippen molar-refractivity contribution >= 4 is 5.97 Å². The predicted molar refractivity (Wildman–Crippen MR) is 60.7 cm³/mol. The molecule has 0 spiro atoms. The Kier molecular flexibility index (Phi) is 6.02. The van der Waals surface area contributed by atoms with E-state index in [9.17, 15) is 4.79 Å². The molecule has 0 heterocycles. The Labute approximate surface area is 99.6 Å². The highest BCUT2D eigenvalue weighted by atomic mass is 16.7. The lowest BCUT2D eigenvalue weighted by Gasteiger charge is -2.07. The maximum absolute atomic E-state index is 10.9. The smallest absolute Gasteiger partial charge is 0.329 e. The van der Waals surface area contributed by atoms with E-state index in [2.05, 4.69) is 4.84 Å². The fraction of sp³-hybridized carbons (Fsp3) is 0.364. The molecule has 0 atom stereocenters. The van der Waals surface area contributed by atoms with Crippen molar-refractivity contribution in [2.45, 2.75) is 13.0 Å². The molecular weight excluding hydrogens is 224 g/mol. The minimum Gasteiger partial charge on any atom is -0.493 e. The number of carbonyl (C=O) groups excluding carboxylic acids is 1. The maximum atomic E-state index is 10.9. The molecule has 6 heteroatoms. The molecule has 0 unspecified atom stereocenters. The van der Waals surface area contributed by atoms with E-state index in [4.69, 9.17) is 15.3 Å². The third-order valence-corrected chi connectivity index (χ3v) is 1.96. The van der Waals surface area contributed by atoms with Gasteiger partial charge < -0.3 is 14.3 Å². The number of hydrogen-bond donors (Lipinski definition) is 2. The van der Waals surface area contributed by atoms with Gasteiger partial charge in [-0.05, 0) is 17.7 Å². The van der Waals surface area contributed by atoms with Crippen LogP contribution in [0.1, 0.15) is 12.0 Å². The number of nitrogens with one attached hydrogen (secondary N) is 1. The second-order valence-electron chi connectivity index (χ2n) is 3.27. The molecule has 0 amide bonds. The highest BCUT2D eigenvalue weighted by Crippen LogP contribution is 2.14. The zero-order valence-corrected chi connectivity index (χ0v) is 9.64. The van der Waals surface area contributed by atoms with Crippen molar-refractivity contribution in [2.24, 2.45) is 5.84 Å². The number of benzene rings is 1. The molecule has 0 radical (unpaired) electrons. The van der Waals surface area contributed by atoms with E-state index in [0.717, 1.165) is 5.56 Å². The van der Waals surface area contributed by atoms with Crippen LogP contribution in [-0.4, -0.2) is 19.7 Å². The van der Waals surface area contributed by atoms with Gasteiger partial charge in [-0.2, -0.15) is 0 Å². The summed E-state index contributed by atoms with van der Waals surface area (Å²) in [6.07, 6.45) is 0.124. The molecule has 0 aliphatic rings. The topological polar surface area (TPSA) is 82.8 Å². The molecule has 0 saturated heterocycles. The lowest BCUT2D eigenvalue weighted by molar-refractivity contribution is -0.151. The Bertz CT molecular complexity index is 357. The third kappa shape index (κ3) is 5.30. The second kappa shape index (κ2) is 7.61. The monoisotopic (exact) mass is 240 g/mol. The molecule has 1 aromatic carbocycles. The summed E-state index contributed by atoms with van der Waals surface area (Å²) in [4.78, 5) is 15.3. The first-order chi connectivity index (χ1) is 8.26. The quantitative estimate of drug-likeness (QED) is 0.534. The normalized spacial score (nSPS) is 10.0. The van der Waals surface area contributed by atoms with Gasteiger partial charge in [0.15, 0.2) is 0 Å². The van der Waals surface area contributed by atoms with Crippen LogP contribution in [0.4, 0.5) is 0 Å². The van der Waals surface area contributed by atoms with Crippen LogP contribution in [0.3, 0.4) is 0 Å². The minimum absolute atomic E-state index is 0.124. The highest BCUT2D eigenvalue weighted by Gasteiger charge is 2.03. The van der Waals surface area contributed by atoms with Crippen molar-refractivity contribution in [3.8, 4) is 5.75 Å². The molecule has 1 aromatic rings. The summed E-state index contributed by atoms with van der Waals surface area (Å²) in [5.41, 5.74) is 2.83. The van der Waals surface area contributed by atoms with Crippen LogP contribution in [0.15, 0.2) is 24.3 Å². The lowest BCUT2D eigenvalue weighted by Crippen LogP contribution is -2.26. The molecule has 1 rings (SSSR count). The summed E-state index contributed by atoms with van der Waals surface area (Å²) < 4.78 is 10.4. The molecule has 0 aromatic heterocycles. The maximum Gasteiger partial charge on any atom is 0.329 e. The van der Waals surface area contributed by atoms with Crippen LogP contribution in [0.2, 0.25) is 0 Å².